The topological polar surface area (TPSA) is 42.3 Å². The maximum Gasteiger partial charge on any atom is 0.268 e. The molecule has 9 rings (SSSR count). The van der Waals surface area contributed by atoms with Gasteiger partial charge in [-0.3, -0.25) is 9.59 Å². The second kappa shape index (κ2) is 13.7. The van der Waals surface area contributed by atoms with E-state index < -0.39 is 0 Å². The van der Waals surface area contributed by atoms with E-state index in [1.54, 1.807) is 6.07 Å². The zero-order chi connectivity index (χ0) is 36.6. The summed E-state index contributed by atoms with van der Waals surface area (Å²) >= 11 is 0. The first kappa shape index (κ1) is 33.4. The number of allylic oxidation sites excluding steroid dienone is 1. The average molecular weight is 687 g/mol. The summed E-state index contributed by atoms with van der Waals surface area (Å²) < 4.78 is 2.13. The standard InChI is InChI=1S/C45H30N2O2.C4H8/c1-29-12-10-17-32(26-29)34-23-25-41-38(28-34)35-18-8-9-20-39(35)46(41)42-21-11-19-36-43(42)45(49)47(44(36)48)40-24-22-33(30-13-4-2-5-14-30)27-37(40)31-15-6-3-7-16-31;1-4(2)3/h2-28H,1H3;1H2,2-3H3. The predicted octanol–water partition coefficient (Wildman–Crippen LogP) is 12.5. The highest BCUT2D eigenvalue weighted by Crippen LogP contribution is 2.42. The molecule has 1 aliphatic heterocycles. The molecule has 256 valence electrons. The van der Waals surface area contributed by atoms with Crippen molar-refractivity contribution in [1.82, 2.24) is 4.57 Å². The van der Waals surface area contributed by atoms with Crippen LogP contribution in [-0.4, -0.2) is 16.4 Å². The maximum atomic E-state index is 14.7. The van der Waals surface area contributed by atoms with Crippen LogP contribution < -0.4 is 4.90 Å². The zero-order valence-corrected chi connectivity index (χ0v) is 30.0. The summed E-state index contributed by atoms with van der Waals surface area (Å²) in [5, 5.41) is 2.17. The fourth-order valence-corrected chi connectivity index (χ4v) is 7.30. The molecule has 1 aromatic heterocycles. The first-order valence-corrected chi connectivity index (χ1v) is 17.8. The lowest BCUT2D eigenvalue weighted by Gasteiger charge is -2.20. The molecule has 0 spiro atoms. The molecular weight excluding hydrogens is 649 g/mol. The van der Waals surface area contributed by atoms with E-state index in [1.165, 1.54) is 16.0 Å². The summed E-state index contributed by atoms with van der Waals surface area (Å²) in [6.07, 6.45) is 0. The molecule has 7 aromatic carbocycles. The van der Waals surface area contributed by atoms with Gasteiger partial charge in [0, 0.05) is 16.3 Å². The van der Waals surface area contributed by atoms with Gasteiger partial charge in [0.25, 0.3) is 11.8 Å². The van der Waals surface area contributed by atoms with Gasteiger partial charge in [-0.2, -0.15) is 0 Å². The van der Waals surface area contributed by atoms with E-state index in [0.717, 1.165) is 55.2 Å². The SMILES string of the molecule is C=C(C)C.Cc1cccc(-c2ccc3c(c2)c2ccccc2n3-c2cccc3c2C(=O)N(c2ccc(-c4ccccc4)cc2-c2ccccc2)C3=O)c1. The normalized spacial score (nSPS) is 12.2. The van der Waals surface area contributed by atoms with E-state index in [9.17, 15) is 9.59 Å². The number of fused-ring (bicyclic) bond motifs is 4. The van der Waals surface area contributed by atoms with Crippen LogP contribution in [0.15, 0.2) is 176 Å². The maximum absolute atomic E-state index is 14.7. The molecule has 53 heavy (non-hydrogen) atoms. The number of carbonyl (C=O) groups is 2. The Kier molecular flexibility index (Phi) is 8.65. The van der Waals surface area contributed by atoms with Crippen LogP contribution in [0.1, 0.15) is 40.1 Å². The second-order valence-corrected chi connectivity index (χ2v) is 13.8. The van der Waals surface area contributed by atoms with E-state index in [2.05, 4.69) is 90.9 Å². The Bertz CT molecular complexity index is 2700. The number of imide groups is 1. The molecule has 0 saturated heterocycles. The quantitative estimate of drug-likeness (QED) is 0.134. The van der Waals surface area contributed by atoms with Crippen molar-refractivity contribution in [3.05, 3.63) is 193 Å². The molecule has 0 N–H and O–H groups in total. The van der Waals surface area contributed by atoms with E-state index in [1.807, 2.05) is 98.8 Å². The van der Waals surface area contributed by atoms with Gasteiger partial charge in [0.05, 0.1) is 33.5 Å². The Morgan fingerprint density at radius 1 is 0.472 bits per heavy atom. The fraction of sp³-hybridized carbons (Fsp3) is 0.0612. The van der Waals surface area contributed by atoms with Crippen LogP contribution in [0.2, 0.25) is 0 Å². The van der Waals surface area contributed by atoms with Crippen molar-refractivity contribution in [3.8, 4) is 39.1 Å². The van der Waals surface area contributed by atoms with Gasteiger partial charge < -0.3 is 4.57 Å². The third-order valence-corrected chi connectivity index (χ3v) is 9.59. The average Bonchev–Trinajstić information content (AvgIpc) is 3.65. The smallest absolute Gasteiger partial charge is 0.268 e. The molecule has 0 aliphatic carbocycles. The van der Waals surface area contributed by atoms with Gasteiger partial charge in [0.1, 0.15) is 0 Å². The highest BCUT2D eigenvalue weighted by atomic mass is 16.2. The third-order valence-electron chi connectivity index (χ3n) is 9.59. The first-order valence-electron chi connectivity index (χ1n) is 17.8. The van der Waals surface area contributed by atoms with Gasteiger partial charge >= 0.3 is 0 Å². The Morgan fingerprint density at radius 2 is 1.06 bits per heavy atom. The molecule has 0 saturated carbocycles. The summed E-state index contributed by atoms with van der Waals surface area (Å²) in [5.74, 6) is -0.656. The van der Waals surface area contributed by atoms with Crippen molar-refractivity contribution in [2.75, 3.05) is 4.90 Å². The highest BCUT2D eigenvalue weighted by Gasteiger charge is 2.40. The number of amides is 2. The molecule has 0 atom stereocenters. The predicted molar refractivity (Wildman–Crippen MR) is 220 cm³/mol. The number of hydrogen-bond donors (Lipinski definition) is 0. The Labute approximate surface area is 309 Å². The van der Waals surface area contributed by atoms with Crippen LogP contribution in [-0.2, 0) is 0 Å². The van der Waals surface area contributed by atoms with Crippen molar-refractivity contribution in [1.29, 1.82) is 0 Å². The van der Waals surface area contributed by atoms with E-state index in [0.29, 0.717) is 22.5 Å². The summed E-state index contributed by atoms with van der Waals surface area (Å²) in [4.78, 5) is 30.4. The molecular formula is C49H38N2O2. The number of nitrogens with zero attached hydrogens (tertiary/aromatic N) is 2. The van der Waals surface area contributed by atoms with Crippen LogP contribution in [0.3, 0.4) is 0 Å². The van der Waals surface area contributed by atoms with Crippen LogP contribution in [0.25, 0.3) is 60.9 Å². The van der Waals surface area contributed by atoms with Crippen molar-refractivity contribution in [2.45, 2.75) is 20.8 Å². The minimum Gasteiger partial charge on any atom is -0.308 e. The molecule has 1 aliphatic rings. The number of para-hydroxylation sites is 1. The van der Waals surface area contributed by atoms with Gasteiger partial charge in [-0.25, -0.2) is 4.90 Å². The number of carbonyl (C=O) groups excluding carboxylic acids is 2. The third kappa shape index (κ3) is 6.04. The molecule has 2 heterocycles. The van der Waals surface area contributed by atoms with E-state index >= 15 is 0 Å². The first-order chi connectivity index (χ1) is 25.8. The number of aryl methyl sites for hydroxylation is 1. The van der Waals surface area contributed by atoms with Gasteiger partial charge in [-0.1, -0.05) is 132 Å². The summed E-state index contributed by atoms with van der Waals surface area (Å²) in [6, 6.07) is 54.9. The summed E-state index contributed by atoms with van der Waals surface area (Å²) in [5.41, 5.74) is 12.5. The van der Waals surface area contributed by atoms with Crippen molar-refractivity contribution in [3.63, 3.8) is 0 Å². The van der Waals surface area contributed by atoms with Gasteiger partial charge in [-0.05, 0) is 91.1 Å². The Hall–Kier alpha value is -6.78. The van der Waals surface area contributed by atoms with E-state index in [-0.39, 0.29) is 11.8 Å². The molecule has 4 heteroatoms. The van der Waals surface area contributed by atoms with Gasteiger partial charge in [-0.15, -0.1) is 6.58 Å². The lowest BCUT2D eigenvalue weighted by Crippen LogP contribution is -2.30. The number of anilines is 1. The van der Waals surface area contributed by atoms with Crippen LogP contribution >= 0.6 is 0 Å². The van der Waals surface area contributed by atoms with Crippen LogP contribution in [0, 0.1) is 6.92 Å². The second-order valence-electron chi connectivity index (χ2n) is 13.8. The van der Waals surface area contributed by atoms with Gasteiger partial charge in [0.2, 0.25) is 0 Å². The molecule has 0 fully saturated rings. The largest absolute Gasteiger partial charge is 0.308 e. The molecule has 0 bridgehead atoms. The Morgan fingerprint density at radius 3 is 1.79 bits per heavy atom. The zero-order valence-electron chi connectivity index (χ0n) is 30.0. The molecule has 0 radical (unpaired) electrons. The summed E-state index contributed by atoms with van der Waals surface area (Å²) in [6.45, 7) is 9.60. The number of benzene rings is 7. The lowest BCUT2D eigenvalue weighted by molar-refractivity contribution is 0.0926. The van der Waals surface area contributed by atoms with Gasteiger partial charge in [0.15, 0.2) is 0 Å². The fourth-order valence-electron chi connectivity index (χ4n) is 7.30. The van der Waals surface area contributed by atoms with Crippen LogP contribution in [0.5, 0.6) is 0 Å². The minimum atomic E-state index is -0.331. The van der Waals surface area contributed by atoms with Crippen molar-refractivity contribution in [2.24, 2.45) is 0 Å². The minimum absolute atomic E-state index is 0.325. The molecule has 4 nitrogen and oxygen atoms in total. The lowest BCUT2D eigenvalue weighted by atomic mass is 9.97. The molecule has 8 aromatic rings. The molecule has 2 amide bonds. The van der Waals surface area contributed by atoms with Crippen molar-refractivity contribution < 1.29 is 9.59 Å². The Balaban J connectivity index is 0.000000954. The van der Waals surface area contributed by atoms with Crippen molar-refractivity contribution >= 4 is 39.3 Å². The number of aromatic nitrogens is 1. The highest BCUT2D eigenvalue weighted by molar-refractivity contribution is 6.36. The monoisotopic (exact) mass is 686 g/mol. The van der Waals surface area contributed by atoms with E-state index in [4.69, 9.17) is 0 Å². The number of hydrogen-bond acceptors (Lipinski definition) is 2. The number of rotatable bonds is 5. The molecule has 0 unspecified atom stereocenters. The summed E-state index contributed by atoms with van der Waals surface area (Å²) in [7, 11) is 0. The van der Waals surface area contributed by atoms with Crippen LogP contribution in [0.4, 0.5) is 5.69 Å².